The van der Waals surface area contributed by atoms with Gasteiger partial charge < -0.3 is 26.0 Å². The van der Waals surface area contributed by atoms with E-state index in [1.807, 2.05) is 0 Å². The summed E-state index contributed by atoms with van der Waals surface area (Å²) in [6.45, 7) is 0.196. The average molecular weight is 511 g/mol. The Bertz CT molecular complexity index is 1160. The van der Waals surface area contributed by atoms with Crippen LogP contribution in [-0.4, -0.2) is 71.0 Å². The zero-order valence-corrected chi connectivity index (χ0v) is 20.5. The van der Waals surface area contributed by atoms with Gasteiger partial charge in [0.1, 0.15) is 5.75 Å². The summed E-state index contributed by atoms with van der Waals surface area (Å²) >= 11 is 0. The maximum Gasteiger partial charge on any atom is 0.323 e. The van der Waals surface area contributed by atoms with E-state index in [9.17, 15) is 24.5 Å². The number of hydrogen-bond acceptors (Lipinski definition) is 7. The number of urea groups is 1. The van der Waals surface area contributed by atoms with E-state index >= 15 is 0 Å². The number of nitrogens with two attached hydrogens (primary N) is 1. The van der Waals surface area contributed by atoms with Gasteiger partial charge in [0.25, 0.3) is 17.5 Å². The first-order valence-corrected chi connectivity index (χ1v) is 12.1. The average Bonchev–Trinajstić information content (AvgIpc) is 3.35. The Labute approximate surface area is 213 Å². The highest BCUT2D eigenvalue weighted by atomic mass is 16.6. The molecule has 0 aromatic heterocycles. The Morgan fingerprint density at radius 1 is 1.03 bits per heavy atom. The van der Waals surface area contributed by atoms with Crippen molar-refractivity contribution in [2.75, 3.05) is 25.5 Å². The van der Waals surface area contributed by atoms with Crippen molar-refractivity contribution in [2.24, 2.45) is 5.73 Å². The fourth-order valence-corrected chi connectivity index (χ4v) is 4.66. The van der Waals surface area contributed by atoms with Crippen LogP contribution in [0.25, 0.3) is 0 Å². The van der Waals surface area contributed by atoms with Crippen molar-refractivity contribution in [3.8, 4) is 5.75 Å². The van der Waals surface area contributed by atoms with E-state index in [-0.39, 0.29) is 36.4 Å². The van der Waals surface area contributed by atoms with E-state index in [2.05, 4.69) is 10.6 Å². The zero-order chi connectivity index (χ0) is 26.5. The first-order valence-electron chi connectivity index (χ1n) is 12.1. The van der Waals surface area contributed by atoms with Gasteiger partial charge in [-0.1, -0.05) is 6.07 Å². The number of hydrogen-bond donors (Lipinski definition) is 3. The number of amides is 4. The van der Waals surface area contributed by atoms with Crippen molar-refractivity contribution < 1.29 is 24.0 Å². The van der Waals surface area contributed by atoms with E-state index < -0.39 is 28.9 Å². The van der Waals surface area contributed by atoms with Gasteiger partial charge in [0.2, 0.25) is 0 Å². The number of methoxy groups -OCH3 is 1. The number of nitrogens with zero attached hydrogens (tertiary/aromatic N) is 3. The normalized spacial score (nSPS) is 21.3. The predicted octanol–water partition coefficient (Wildman–Crippen LogP) is 2.31. The van der Waals surface area contributed by atoms with Gasteiger partial charge in [-0.15, -0.1) is 0 Å². The third kappa shape index (κ3) is 5.97. The van der Waals surface area contributed by atoms with E-state index in [0.717, 1.165) is 12.8 Å². The number of benzene rings is 2. The SMILES string of the molecule is COc1ccc(NC(=O)N2CCN(C(=O)c3cccc([N+](=O)[O-])c3)C2C(=O)NC2CCC(N)CC2)cc1. The van der Waals surface area contributed by atoms with Gasteiger partial charge in [-0.3, -0.25) is 24.6 Å². The third-order valence-corrected chi connectivity index (χ3v) is 6.69. The molecule has 0 bridgehead atoms. The Hall–Kier alpha value is -4.19. The van der Waals surface area contributed by atoms with Crippen molar-refractivity contribution in [3.05, 3.63) is 64.2 Å². The molecule has 2 aromatic carbocycles. The maximum absolute atomic E-state index is 13.5. The number of non-ortho nitro benzene ring substituents is 1. The van der Waals surface area contributed by atoms with Crippen LogP contribution in [0, 0.1) is 10.1 Å². The summed E-state index contributed by atoms with van der Waals surface area (Å²) in [4.78, 5) is 53.3. The lowest BCUT2D eigenvalue weighted by atomic mass is 9.92. The van der Waals surface area contributed by atoms with Gasteiger partial charge in [-0.25, -0.2) is 4.79 Å². The smallest absolute Gasteiger partial charge is 0.323 e. The summed E-state index contributed by atoms with van der Waals surface area (Å²) in [6, 6.07) is 11.5. The molecular formula is C25H30N6O6. The van der Waals surface area contributed by atoms with E-state index in [1.54, 1.807) is 24.3 Å². The molecule has 37 heavy (non-hydrogen) atoms. The number of rotatable bonds is 6. The van der Waals surface area contributed by atoms with Crippen LogP contribution < -0.4 is 21.1 Å². The molecule has 1 saturated heterocycles. The van der Waals surface area contributed by atoms with Gasteiger partial charge in [0.05, 0.1) is 12.0 Å². The van der Waals surface area contributed by atoms with Crippen LogP contribution in [0.5, 0.6) is 5.75 Å². The molecule has 4 amide bonds. The Morgan fingerprint density at radius 2 is 1.70 bits per heavy atom. The summed E-state index contributed by atoms with van der Waals surface area (Å²) in [5.74, 6) is -0.437. The number of anilines is 1. The number of carbonyl (C=O) groups is 3. The molecule has 0 spiro atoms. The van der Waals surface area contributed by atoms with Gasteiger partial charge in [-0.2, -0.15) is 0 Å². The zero-order valence-electron chi connectivity index (χ0n) is 20.5. The van der Waals surface area contributed by atoms with Crippen molar-refractivity contribution in [1.82, 2.24) is 15.1 Å². The number of carbonyl (C=O) groups excluding carboxylic acids is 3. The monoisotopic (exact) mass is 510 g/mol. The molecule has 4 N–H and O–H groups in total. The molecule has 1 heterocycles. The topological polar surface area (TPSA) is 160 Å². The van der Waals surface area contributed by atoms with Crippen molar-refractivity contribution >= 4 is 29.2 Å². The van der Waals surface area contributed by atoms with Crippen molar-refractivity contribution in [3.63, 3.8) is 0 Å². The second-order valence-electron chi connectivity index (χ2n) is 9.15. The Kier molecular flexibility index (Phi) is 7.87. The lowest BCUT2D eigenvalue weighted by Gasteiger charge is -2.32. The van der Waals surface area contributed by atoms with Gasteiger partial charge in [-0.05, 0) is 56.0 Å². The molecule has 4 rings (SSSR count). The number of nitrogens with one attached hydrogen (secondary N) is 2. The van der Waals surface area contributed by atoms with Crippen LogP contribution in [0.2, 0.25) is 0 Å². The third-order valence-electron chi connectivity index (χ3n) is 6.69. The Morgan fingerprint density at radius 3 is 2.35 bits per heavy atom. The van der Waals surface area contributed by atoms with Crippen LogP contribution >= 0.6 is 0 Å². The molecule has 12 nitrogen and oxygen atoms in total. The molecule has 1 atom stereocenters. The lowest BCUT2D eigenvalue weighted by molar-refractivity contribution is -0.384. The van der Waals surface area contributed by atoms with Gasteiger partial charge >= 0.3 is 6.03 Å². The highest BCUT2D eigenvalue weighted by Gasteiger charge is 2.43. The number of ether oxygens (including phenoxy) is 1. The molecule has 196 valence electrons. The Balaban J connectivity index is 1.56. The van der Waals surface area contributed by atoms with E-state index in [0.29, 0.717) is 24.3 Å². The number of nitro groups is 1. The summed E-state index contributed by atoms with van der Waals surface area (Å²) in [5, 5.41) is 16.9. The summed E-state index contributed by atoms with van der Waals surface area (Å²) in [7, 11) is 1.54. The van der Waals surface area contributed by atoms with Gasteiger partial charge in [0.15, 0.2) is 6.17 Å². The maximum atomic E-state index is 13.5. The van der Waals surface area contributed by atoms with E-state index in [4.69, 9.17) is 10.5 Å². The number of nitro benzene ring substituents is 1. The first kappa shape index (κ1) is 25.9. The summed E-state index contributed by atoms with van der Waals surface area (Å²) in [5.41, 5.74) is 6.30. The van der Waals surface area contributed by atoms with Crippen molar-refractivity contribution in [1.29, 1.82) is 0 Å². The standard InChI is InChI=1S/C25H30N6O6/c1-37-21-11-9-19(10-12-21)28-25(34)30-14-13-29(24(33)16-3-2-4-20(15-16)31(35)36)23(30)22(32)27-18-7-5-17(26)6-8-18/h2-4,9-12,15,17-18,23H,5-8,13-14,26H2,1H3,(H,27,32)(H,28,34). The fourth-order valence-electron chi connectivity index (χ4n) is 4.66. The molecule has 1 aliphatic heterocycles. The second-order valence-corrected chi connectivity index (χ2v) is 9.15. The van der Waals surface area contributed by atoms with Crippen LogP contribution in [0.3, 0.4) is 0 Å². The highest BCUT2D eigenvalue weighted by Crippen LogP contribution is 2.24. The van der Waals surface area contributed by atoms with Crippen LogP contribution in [0.4, 0.5) is 16.2 Å². The molecule has 2 fully saturated rings. The lowest BCUT2D eigenvalue weighted by Crippen LogP contribution is -2.56. The minimum absolute atomic E-state index is 0.0630. The van der Waals surface area contributed by atoms with E-state index in [1.165, 1.54) is 41.2 Å². The minimum atomic E-state index is -1.22. The molecule has 1 unspecified atom stereocenters. The second kappa shape index (κ2) is 11.2. The molecule has 2 aliphatic rings. The predicted molar refractivity (Wildman–Crippen MR) is 135 cm³/mol. The summed E-state index contributed by atoms with van der Waals surface area (Å²) < 4.78 is 5.14. The summed E-state index contributed by atoms with van der Waals surface area (Å²) in [6.07, 6.45) is 1.73. The minimum Gasteiger partial charge on any atom is -0.497 e. The molecule has 1 saturated carbocycles. The highest BCUT2D eigenvalue weighted by molar-refractivity contribution is 6.01. The van der Waals surface area contributed by atoms with Crippen molar-refractivity contribution in [2.45, 2.75) is 43.9 Å². The quantitative estimate of drug-likeness (QED) is 0.397. The largest absolute Gasteiger partial charge is 0.497 e. The van der Waals surface area contributed by atoms with Crippen LogP contribution in [-0.2, 0) is 4.79 Å². The first-order chi connectivity index (χ1) is 17.8. The van der Waals surface area contributed by atoms with Crippen LogP contribution in [0.1, 0.15) is 36.0 Å². The van der Waals surface area contributed by atoms with Crippen LogP contribution in [0.15, 0.2) is 48.5 Å². The molecule has 2 aromatic rings. The molecule has 0 radical (unpaired) electrons. The molecule has 1 aliphatic carbocycles. The molecular weight excluding hydrogens is 480 g/mol. The van der Waals surface area contributed by atoms with Gasteiger partial charge in [0, 0.05) is 48.6 Å². The molecule has 12 heteroatoms. The fraction of sp³-hybridized carbons (Fsp3) is 0.400.